The Bertz CT molecular complexity index is 362. The molecule has 0 aliphatic rings. The Morgan fingerprint density at radius 3 is 2.32 bits per heavy atom. The molecular weight excluding hydrogens is 353 g/mol. The summed E-state index contributed by atoms with van der Waals surface area (Å²) in [6, 6.07) is 3.69. The van der Waals surface area contributed by atoms with Crippen LogP contribution in [-0.4, -0.2) is 31.2 Å². The average molecular weight is 377 g/mol. The fourth-order valence-electron chi connectivity index (χ4n) is 1.25. The number of aliphatic hydroxyl groups is 2. The van der Waals surface area contributed by atoms with Crippen LogP contribution in [0.5, 0.6) is 0 Å². The number of rotatable bonds is 5. The Hall–Kier alpha value is 0.901. The summed E-state index contributed by atoms with van der Waals surface area (Å²) < 4.78 is 5.91. The van der Waals surface area contributed by atoms with Crippen LogP contribution in [0.2, 0.25) is 18.1 Å². The molecule has 1 aromatic heterocycles. The van der Waals surface area contributed by atoms with Gasteiger partial charge in [-0.25, -0.2) is 0 Å². The minimum absolute atomic E-state index is 0. The summed E-state index contributed by atoms with van der Waals surface area (Å²) in [4.78, 5) is 0.779. The van der Waals surface area contributed by atoms with Crippen molar-refractivity contribution in [1.82, 2.24) is 0 Å². The maximum Gasteiger partial charge on any atom is 0.192 e. The molecule has 0 bridgehead atoms. The number of thiophene rings is 1. The van der Waals surface area contributed by atoms with E-state index in [9.17, 15) is 10.2 Å². The van der Waals surface area contributed by atoms with E-state index in [2.05, 4.69) is 33.9 Å². The molecule has 0 aliphatic heterocycles. The molecule has 1 rings (SSSR count). The molecule has 2 unspecified atom stereocenters. The molecule has 0 saturated heterocycles. The smallest absolute Gasteiger partial charge is 0.192 e. The zero-order chi connectivity index (χ0) is 14.0. The summed E-state index contributed by atoms with van der Waals surface area (Å²) in [7, 11) is -1.87. The SMILES string of the molecule is CC(C)(C)[Si](C)(C)OCC(O)C(O)c1cccs1.[Y]. The molecule has 0 amide bonds. The molecule has 2 atom stereocenters. The molecule has 1 aromatic rings. The number of aliphatic hydroxyl groups excluding tert-OH is 2. The Morgan fingerprint density at radius 1 is 1.32 bits per heavy atom. The van der Waals surface area contributed by atoms with E-state index in [-0.39, 0.29) is 44.4 Å². The molecule has 3 nitrogen and oxygen atoms in total. The molecule has 0 saturated carbocycles. The fraction of sp³-hybridized carbons (Fsp3) is 0.692. The predicted molar refractivity (Wildman–Crippen MR) is 78.4 cm³/mol. The van der Waals surface area contributed by atoms with Gasteiger partial charge in [0.05, 0.1) is 6.61 Å². The van der Waals surface area contributed by atoms with E-state index in [0.29, 0.717) is 0 Å². The van der Waals surface area contributed by atoms with Crippen molar-refractivity contribution in [1.29, 1.82) is 0 Å². The molecule has 6 heteroatoms. The third kappa shape index (κ3) is 5.65. The first-order chi connectivity index (χ1) is 8.15. The Labute approximate surface area is 146 Å². The van der Waals surface area contributed by atoms with Gasteiger partial charge in [0, 0.05) is 37.6 Å². The zero-order valence-corrected chi connectivity index (χ0v) is 17.0. The topological polar surface area (TPSA) is 49.7 Å². The van der Waals surface area contributed by atoms with Crippen LogP contribution in [0.1, 0.15) is 31.8 Å². The predicted octanol–water partition coefficient (Wildman–Crippen LogP) is 3.16. The van der Waals surface area contributed by atoms with Crippen molar-refractivity contribution in [3.63, 3.8) is 0 Å². The van der Waals surface area contributed by atoms with Gasteiger partial charge in [-0.1, -0.05) is 26.8 Å². The van der Waals surface area contributed by atoms with E-state index >= 15 is 0 Å². The van der Waals surface area contributed by atoms with Crippen molar-refractivity contribution in [3.8, 4) is 0 Å². The molecule has 107 valence electrons. The molecule has 0 aliphatic carbocycles. The molecule has 2 N–H and O–H groups in total. The van der Waals surface area contributed by atoms with Crippen molar-refractivity contribution in [2.75, 3.05) is 6.61 Å². The monoisotopic (exact) mass is 377 g/mol. The number of hydrogen-bond acceptors (Lipinski definition) is 4. The van der Waals surface area contributed by atoms with Crippen LogP contribution in [0.4, 0.5) is 0 Å². The first-order valence-electron chi connectivity index (χ1n) is 6.18. The van der Waals surface area contributed by atoms with Gasteiger partial charge in [0.1, 0.15) is 12.2 Å². The molecular formula is C13H24O3SSiY. The van der Waals surface area contributed by atoms with E-state index < -0.39 is 20.5 Å². The second kappa shape index (κ2) is 7.78. The first-order valence-corrected chi connectivity index (χ1v) is 9.97. The molecule has 1 radical (unpaired) electrons. The Kier molecular flexibility index (Phi) is 8.15. The largest absolute Gasteiger partial charge is 0.414 e. The third-order valence-electron chi connectivity index (χ3n) is 3.62. The van der Waals surface area contributed by atoms with Crippen LogP contribution in [0.15, 0.2) is 17.5 Å². The van der Waals surface area contributed by atoms with E-state index in [0.717, 1.165) is 4.88 Å². The standard InChI is InChI=1S/C13H24O3SSi.Y/c1-13(2,3)18(4,5)16-9-10(14)12(15)11-7-6-8-17-11;/h6-8,10,12,14-15H,9H2,1-5H3;. The van der Waals surface area contributed by atoms with Crippen molar-refractivity contribution in [2.45, 2.75) is 51.1 Å². The summed E-state index contributed by atoms with van der Waals surface area (Å²) in [6.07, 6.45) is -1.72. The average Bonchev–Trinajstić information content (AvgIpc) is 2.76. The Balaban J connectivity index is 0.00000324. The quantitative estimate of drug-likeness (QED) is 0.775. The van der Waals surface area contributed by atoms with Gasteiger partial charge < -0.3 is 14.6 Å². The maximum atomic E-state index is 9.97. The van der Waals surface area contributed by atoms with Crippen LogP contribution < -0.4 is 0 Å². The van der Waals surface area contributed by atoms with Gasteiger partial charge in [0.2, 0.25) is 0 Å². The summed E-state index contributed by atoms with van der Waals surface area (Å²) >= 11 is 1.44. The molecule has 1 heterocycles. The second-order valence-electron chi connectivity index (χ2n) is 6.10. The second-order valence-corrected chi connectivity index (χ2v) is 11.9. The van der Waals surface area contributed by atoms with E-state index in [1.165, 1.54) is 11.3 Å². The summed E-state index contributed by atoms with van der Waals surface area (Å²) in [5.41, 5.74) is 0. The van der Waals surface area contributed by atoms with Gasteiger partial charge in [0.25, 0.3) is 0 Å². The normalized spacial score (nSPS) is 15.7. The van der Waals surface area contributed by atoms with Crippen molar-refractivity contribution >= 4 is 19.7 Å². The first kappa shape index (κ1) is 19.9. The number of hydrogen-bond donors (Lipinski definition) is 2. The van der Waals surface area contributed by atoms with Crippen LogP contribution in [-0.2, 0) is 37.1 Å². The van der Waals surface area contributed by atoms with E-state index in [4.69, 9.17) is 4.43 Å². The minimum Gasteiger partial charge on any atom is -0.414 e. The zero-order valence-electron chi connectivity index (χ0n) is 12.4. The minimum atomic E-state index is -1.87. The van der Waals surface area contributed by atoms with Gasteiger partial charge in [-0.15, -0.1) is 11.3 Å². The van der Waals surface area contributed by atoms with Crippen molar-refractivity contribution in [2.24, 2.45) is 0 Å². The van der Waals surface area contributed by atoms with Crippen LogP contribution in [0.3, 0.4) is 0 Å². The van der Waals surface area contributed by atoms with Gasteiger partial charge in [-0.05, 0) is 29.6 Å². The van der Waals surface area contributed by atoms with Gasteiger partial charge in [-0.2, -0.15) is 0 Å². The van der Waals surface area contributed by atoms with Crippen molar-refractivity contribution < 1.29 is 47.3 Å². The fourth-order valence-corrected chi connectivity index (χ4v) is 3.04. The van der Waals surface area contributed by atoms with Gasteiger partial charge in [-0.3, -0.25) is 0 Å². The van der Waals surface area contributed by atoms with Gasteiger partial charge in [0.15, 0.2) is 8.32 Å². The molecule has 0 aromatic carbocycles. The molecule has 19 heavy (non-hydrogen) atoms. The van der Waals surface area contributed by atoms with Crippen LogP contribution in [0.25, 0.3) is 0 Å². The van der Waals surface area contributed by atoms with Crippen molar-refractivity contribution in [3.05, 3.63) is 22.4 Å². The molecule has 0 fully saturated rings. The third-order valence-corrected chi connectivity index (χ3v) is 9.06. The summed E-state index contributed by atoms with van der Waals surface area (Å²) in [6.45, 7) is 10.9. The van der Waals surface area contributed by atoms with Gasteiger partial charge >= 0.3 is 0 Å². The summed E-state index contributed by atoms with van der Waals surface area (Å²) in [5.74, 6) is 0. The van der Waals surface area contributed by atoms with Crippen LogP contribution in [0, 0.1) is 0 Å². The Morgan fingerprint density at radius 2 is 1.89 bits per heavy atom. The summed E-state index contributed by atoms with van der Waals surface area (Å²) in [5, 5.41) is 21.9. The van der Waals surface area contributed by atoms with E-state index in [1.807, 2.05) is 17.5 Å². The molecule has 0 spiro atoms. The van der Waals surface area contributed by atoms with Crippen LogP contribution >= 0.6 is 11.3 Å². The maximum absolute atomic E-state index is 9.97. The van der Waals surface area contributed by atoms with E-state index in [1.54, 1.807) is 0 Å².